The Balaban J connectivity index is 2.00. The lowest BCUT2D eigenvalue weighted by atomic mass is 9.79. The first kappa shape index (κ1) is 23.3. The quantitative estimate of drug-likeness (QED) is 0.296. The number of alkyl halides is 2. The van der Waals surface area contributed by atoms with Gasteiger partial charge in [-0.15, -0.1) is 11.3 Å². The smallest absolute Gasteiger partial charge is 0.270 e. The minimum absolute atomic E-state index is 0.305. The summed E-state index contributed by atoms with van der Waals surface area (Å²) in [6.45, 7) is 2.61. The fourth-order valence-corrected chi connectivity index (χ4v) is 4.61. The zero-order valence-corrected chi connectivity index (χ0v) is 19.5. The van der Waals surface area contributed by atoms with Crippen LogP contribution in [-0.2, 0) is 17.9 Å². The van der Waals surface area contributed by atoms with Gasteiger partial charge in [-0.2, -0.15) is 0 Å². The number of halogens is 4. The molecule has 0 radical (unpaired) electrons. The van der Waals surface area contributed by atoms with Gasteiger partial charge in [-0.1, -0.05) is 41.9 Å². The number of hydrogen-bond donors (Lipinski definition) is 1. The van der Waals surface area contributed by atoms with Crippen LogP contribution in [0.25, 0.3) is 0 Å². The molecule has 2 aromatic carbocycles. The van der Waals surface area contributed by atoms with Crippen molar-refractivity contribution in [2.24, 2.45) is 0 Å². The molecule has 170 valence electrons. The summed E-state index contributed by atoms with van der Waals surface area (Å²) in [5.74, 6) is -3.98. The third kappa shape index (κ3) is 5.20. The van der Waals surface area contributed by atoms with E-state index >= 15 is 0 Å². The SMILES string of the molecule is Cc1csc(NC(Cc2ccccc2)(c2cc(F)cc(C(C)(F)F)c2)c2ccc(Cl)cn2)n1. The van der Waals surface area contributed by atoms with Gasteiger partial charge in [-0.25, -0.2) is 18.2 Å². The molecule has 1 N–H and O–H groups in total. The van der Waals surface area contributed by atoms with E-state index in [1.54, 1.807) is 12.1 Å². The molecule has 0 saturated heterocycles. The van der Waals surface area contributed by atoms with Crippen molar-refractivity contribution >= 4 is 28.1 Å². The first-order valence-electron chi connectivity index (χ1n) is 10.2. The third-order valence-corrected chi connectivity index (χ3v) is 6.41. The van der Waals surface area contributed by atoms with Gasteiger partial charge in [0.15, 0.2) is 5.13 Å². The Bertz CT molecular complexity index is 1240. The van der Waals surface area contributed by atoms with Gasteiger partial charge in [0.1, 0.15) is 11.4 Å². The number of aromatic nitrogens is 2. The normalized spacial score (nSPS) is 13.5. The summed E-state index contributed by atoms with van der Waals surface area (Å²) in [6, 6.07) is 16.4. The zero-order chi connectivity index (χ0) is 23.6. The molecule has 0 spiro atoms. The van der Waals surface area contributed by atoms with Crippen molar-refractivity contribution in [3.63, 3.8) is 0 Å². The van der Waals surface area contributed by atoms with Crippen LogP contribution in [-0.4, -0.2) is 9.97 Å². The highest BCUT2D eigenvalue weighted by Gasteiger charge is 2.39. The number of nitrogens with one attached hydrogen (secondary N) is 1. The predicted molar refractivity (Wildman–Crippen MR) is 127 cm³/mol. The van der Waals surface area contributed by atoms with Crippen LogP contribution in [0.15, 0.2) is 72.2 Å². The molecule has 0 fully saturated rings. The van der Waals surface area contributed by atoms with Crippen LogP contribution in [0.2, 0.25) is 5.02 Å². The highest BCUT2D eigenvalue weighted by atomic mass is 35.5. The molecule has 8 heteroatoms. The van der Waals surface area contributed by atoms with Crippen molar-refractivity contribution in [3.8, 4) is 0 Å². The Morgan fingerprint density at radius 1 is 1.03 bits per heavy atom. The Labute approximate surface area is 199 Å². The Morgan fingerprint density at radius 2 is 1.76 bits per heavy atom. The number of anilines is 1. The molecule has 33 heavy (non-hydrogen) atoms. The van der Waals surface area contributed by atoms with E-state index < -0.39 is 22.8 Å². The number of rotatable bonds is 7. The van der Waals surface area contributed by atoms with Crippen LogP contribution >= 0.6 is 22.9 Å². The van der Waals surface area contributed by atoms with Crippen molar-refractivity contribution < 1.29 is 13.2 Å². The average Bonchev–Trinajstić information content (AvgIpc) is 3.18. The lowest BCUT2D eigenvalue weighted by molar-refractivity contribution is 0.0170. The molecule has 2 heterocycles. The second-order valence-electron chi connectivity index (χ2n) is 7.97. The van der Waals surface area contributed by atoms with Crippen LogP contribution < -0.4 is 5.32 Å². The fourth-order valence-electron chi connectivity index (χ4n) is 3.73. The maximum atomic E-state index is 14.7. The maximum absolute atomic E-state index is 14.7. The highest BCUT2D eigenvalue weighted by Crippen LogP contribution is 2.40. The maximum Gasteiger partial charge on any atom is 0.270 e. The molecule has 4 aromatic rings. The Morgan fingerprint density at radius 3 is 2.36 bits per heavy atom. The van der Waals surface area contributed by atoms with Crippen LogP contribution in [0.5, 0.6) is 0 Å². The number of thiazole rings is 1. The van der Waals surface area contributed by atoms with Crippen molar-refractivity contribution in [1.82, 2.24) is 9.97 Å². The van der Waals surface area contributed by atoms with E-state index in [-0.39, 0.29) is 0 Å². The lowest BCUT2D eigenvalue weighted by Gasteiger charge is -2.36. The first-order valence-corrected chi connectivity index (χ1v) is 11.5. The molecule has 0 aliphatic rings. The summed E-state index contributed by atoms with van der Waals surface area (Å²) in [5.41, 5.74) is 0.911. The number of benzene rings is 2. The minimum Gasteiger partial charge on any atom is -0.346 e. The minimum atomic E-state index is -3.22. The van der Waals surface area contributed by atoms with Gasteiger partial charge < -0.3 is 5.32 Å². The van der Waals surface area contributed by atoms with Gasteiger partial charge in [-0.3, -0.25) is 4.98 Å². The summed E-state index contributed by atoms with van der Waals surface area (Å²) in [6.07, 6.45) is 1.79. The molecule has 0 amide bonds. The molecular weight excluding hydrogens is 467 g/mol. The van der Waals surface area contributed by atoms with E-state index in [4.69, 9.17) is 11.6 Å². The summed E-state index contributed by atoms with van der Waals surface area (Å²) in [4.78, 5) is 9.03. The summed E-state index contributed by atoms with van der Waals surface area (Å²) >= 11 is 7.46. The van der Waals surface area contributed by atoms with E-state index in [0.717, 1.165) is 24.2 Å². The van der Waals surface area contributed by atoms with Gasteiger partial charge in [0, 0.05) is 30.5 Å². The first-order chi connectivity index (χ1) is 15.7. The second kappa shape index (κ2) is 9.15. The van der Waals surface area contributed by atoms with E-state index in [2.05, 4.69) is 15.3 Å². The molecule has 0 saturated carbocycles. The number of nitrogens with zero attached hydrogens (tertiary/aromatic N) is 2. The summed E-state index contributed by atoms with van der Waals surface area (Å²) in [7, 11) is 0. The molecule has 4 rings (SSSR count). The largest absolute Gasteiger partial charge is 0.346 e. The number of pyridine rings is 1. The zero-order valence-electron chi connectivity index (χ0n) is 17.9. The predicted octanol–water partition coefficient (Wildman–Crippen LogP) is 7.35. The van der Waals surface area contributed by atoms with Gasteiger partial charge in [0.2, 0.25) is 0 Å². The molecule has 2 aromatic heterocycles. The van der Waals surface area contributed by atoms with Crippen molar-refractivity contribution in [2.75, 3.05) is 5.32 Å². The number of aryl methyl sites for hydroxylation is 1. The molecule has 0 aliphatic heterocycles. The van der Waals surface area contributed by atoms with E-state index in [0.29, 0.717) is 27.8 Å². The van der Waals surface area contributed by atoms with Gasteiger partial charge in [-0.05, 0) is 48.4 Å². The molecule has 1 unspecified atom stereocenters. The standard InChI is InChI=1S/C25H21ClF3N3S/c1-16-15-33-23(31-16)32-25(13-17-6-4-3-5-7-17,22-9-8-20(26)14-30-22)19-10-18(24(2,28)29)11-21(27)12-19/h3-12,14-15H,13H2,1-2H3,(H,31,32). The van der Waals surface area contributed by atoms with Gasteiger partial charge >= 0.3 is 0 Å². The molecule has 0 aliphatic carbocycles. The molecule has 1 atom stereocenters. The van der Waals surface area contributed by atoms with Crippen molar-refractivity contribution in [2.45, 2.75) is 31.7 Å². The fraction of sp³-hybridized carbons (Fsp3) is 0.200. The van der Waals surface area contributed by atoms with E-state index in [9.17, 15) is 13.2 Å². The molecular formula is C25H21ClF3N3S. The van der Waals surface area contributed by atoms with Gasteiger partial charge in [0.05, 0.1) is 16.4 Å². The van der Waals surface area contributed by atoms with Crippen LogP contribution in [0, 0.1) is 12.7 Å². The second-order valence-corrected chi connectivity index (χ2v) is 9.26. The van der Waals surface area contributed by atoms with E-state index in [1.165, 1.54) is 29.7 Å². The Hall–Kier alpha value is -2.90. The molecule has 3 nitrogen and oxygen atoms in total. The van der Waals surface area contributed by atoms with Gasteiger partial charge in [0.25, 0.3) is 5.92 Å². The average molecular weight is 488 g/mol. The van der Waals surface area contributed by atoms with Crippen molar-refractivity contribution in [1.29, 1.82) is 0 Å². The van der Waals surface area contributed by atoms with E-state index in [1.807, 2.05) is 42.6 Å². The third-order valence-electron chi connectivity index (χ3n) is 5.31. The van der Waals surface area contributed by atoms with Crippen LogP contribution in [0.1, 0.15) is 35.0 Å². The van der Waals surface area contributed by atoms with Crippen molar-refractivity contribution in [3.05, 3.63) is 111 Å². The summed E-state index contributed by atoms with van der Waals surface area (Å²) in [5, 5.41) is 6.28. The highest BCUT2D eigenvalue weighted by molar-refractivity contribution is 7.13. The monoisotopic (exact) mass is 487 g/mol. The van der Waals surface area contributed by atoms with Crippen LogP contribution in [0.3, 0.4) is 0 Å². The topological polar surface area (TPSA) is 37.8 Å². The number of hydrogen-bond acceptors (Lipinski definition) is 4. The molecule has 0 bridgehead atoms. The summed E-state index contributed by atoms with van der Waals surface area (Å²) < 4.78 is 43.3. The van der Waals surface area contributed by atoms with Crippen LogP contribution in [0.4, 0.5) is 18.3 Å². The Kier molecular flexibility index (Phi) is 6.45. The lowest BCUT2D eigenvalue weighted by Crippen LogP contribution is -2.40.